The topological polar surface area (TPSA) is 35.5 Å². The van der Waals surface area contributed by atoms with Crippen molar-refractivity contribution in [3.8, 4) is 11.5 Å². The van der Waals surface area contributed by atoms with Gasteiger partial charge in [-0.05, 0) is 55.7 Å². The Morgan fingerprint density at radius 3 is 2.19 bits per heavy atom. The summed E-state index contributed by atoms with van der Waals surface area (Å²) in [7, 11) is 0. The van der Waals surface area contributed by atoms with Gasteiger partial charge >= 0.3 is 5.97 Å². The SMILES string of the molecule is CCCOc1ccc(C(=O)Oc2c(C)cccc2C)cc1. The van der Waals surface area contributed by atoms with Gasteiger partial charge in [0.2, 0.25) is 0 Å². The monoisotopic (exact) mass is 284 g/mol. The lowest BCUT2D eigenvalue weighted by molar-refractivity contribution is 0.0732. The molecule has 0 amide bonds. The molecule has 0 bridgehead atoms. The average Bonchev–Trinajstić information content (AvgIpc) is 2.49. The second kappa shape index (κ2) is 6.93. The maximum absolute atomic E-state index is 12.2. The van der Waals surface area contributed by atoms with E-state index >= 15 is 0 Å². The van der Waals surface area contributed by atoms with Gasteiger partial charge in [0.25, 0.3) is 0 Å². The first-order chi connectivity index (χ1) is 10.1. The summed E-state index contributed by atoms with van der Waals surface area (Å²) >= 11 is 0. The molecule has 0 fully saturated rings. The van der Waals surface area contributed by atoms with Crippen LogP contribution >= 0.6 is 0 Å². The van der Waals surface area contributed by atoms with Gasteiger partial charge in [-0.25, -0.2) is 4.79 Å². The third-order valence-corrected chi connectivity index (χ3v) is 3.17. The molecule has 110 valence electrons. The lowest BCUT2D eigenvalue weighted by atomic mass is 10.1. The molecule has 0 aliphatic heterocycles. The van der Waals surface area contributed by atoms with Gasteiger partial charge < -0.3 is 9.47 Å². The van der Waals surface area contributed by atoms with Crippen molar-refractivity contribution in [2.75, 3.05) is 6.61 Å². The molecule has 2 aromatic carbocycles. The summed E-state index contributed by atoms with van der Waals surface area (Å²) in [5.74, 6) is 1.05. The van der Waals surface area contributed by atoms with Crippen molar-refractivity contribution in [1.29, 1.82) is 0 Å². The van der Waals surface area contributed by atoms with Gasteiger partial charge in [0, 0.05) is 0 Å². The standard InChI is InChI=1S/C18H20O3/c1-4-12-20-16-10-8-15(9-11-16)18(19)21-17-13(2)6-5-7-14(17)3/h5-11H,4,12H2,1-3H3. The van der Waals surface area contributed by atoms with E-state index in [1.807, 2.05) is 32.0 Å². The zero-order valence-corrected chi connectivity index (χ0v) is 12.7. The Hall–Kier alpha value is -2.29. The van der Waals surface area contributed by atoms with E-state index in [0.29, 0.717) is 17.9 Å². The zero-order chi connectivity index (χ0) is 15.2. The Balaban J connectivity index is 2.10. The van der Waals surface area contributed by atoms with E-state index in [0.717, 1.165) is 23.3 Å². The molecule has 21 heavy (non-hydrogen) atoms. The predicted octanol–water partition coefficient (Wildman–Crippen LogP) is 4.31. The average molecular weight is 284 g/mol. The van der Waals surface area contributed by atoms with Crippen LogP contribution in [0.5, 0.6) is 11.5 Å². The predicted molar refractivity (Wildman–Crippen MR) is 83.1 cm³/mol. The summed E-state index contributed by atoms with van der Waals surface area (Å²) in [5, 5.41) is 0. The number of hydrogen-bond acceptors (Lipinski definition) is 3. The number of carbonyl (C=O) groups excluding carboxylic acids is 1. The van der Waals surface area contributed by atoms with Gasteiger partial charge in [-0.3, -0.25) is 0 Å². The summed E-state index contributed by atoms with van der Waals surface area (Å²) in [5.41, 5.74) is 2.42. The quantitative estimate of drug-likeness (QED) is 0.606. The Bertz CT molecular complexity index is 595. The van der Waals surface area contributed by atoms with E-state index in [4.69, 9.17) is 9.47 Å². The number of benzene rings is 2. The number of hydrogen-bond donors (Lipinski definition) is 0. The van der Waals surface area contributed by atoms with Crippen molar-refractivity contribution in [1.82, 2.24) is 0 Å². The number of aryl methyl sites for hydroxylation is 2. The first-order valence-corrected chi connectivity index (χ1v) is 7.13. The molecule has 0 atom stereocenters. The van der Waals surface area contributed by atoms with E-state index in [2.05, 4.69) is 6.92 Å². The molecule has 0 aliphatic carbocycles. The minimum absolute atomic E-state index is 0.352. The highest BCUT2D eigenvalue weighted by Gasteiger charge is 2.12. The van der Waals surface area contributed by atoms with Crippen LogP contribution in [0, 0.1) is 13.8 Å². The lowest BCUT2D eigenvalue weighted by Gasteiger charge is -2.10. The molecule has 0 aromatic heterocycles. The molecule has 0 unspecified atom stereocenters. The van der Waals surface area contributed by atoms with Crippen molar-refractivity contribution < 1.29 is 14.3 Å². The summed E-state index contributed by atoms with van der Waals surface area (Å²) in [6, 6.07) is 12.8. The van der Waals surface area contributed by atoms with Gasteiger partial charge in [-0.2, -0.15) is 0 Å². The minimum atomic E-state index is -0.352. The molecular formula is C18H20O3. The largest absolute Gasteiger partial charge is 0.494 e. The lowest BCUT2D eigenvalue weighted by Crippen LogP contribution is -2.10. The van der Waals surface area contributed by atoms with Gasteiger partial charge in [0.1, 0.15) is 11.5 Å². The Morgan fingerprint density at radius 1 is 1.00 bits per heavy atom. The summed E-state index contributed by atoms with van der Waals surface area (Å²) in [4.78, 5) is 12.2. The van der Waals surface area contributed by atoms with Gasteiger partial charge in [0.15, 0.2) is 0 Å². The van der Waals surface area contributed by atoms with Crippen LogP contribution in [0.4, 0.5) is 0 Å². The number of para-hydroxylation sites is 1. The summed E-state index contributed by atoms with van der Waals surface area (Å²) < 4.78 is 11.0. The smallest absolute Gasteiger partial charge is 0.343 e. The molecule has 0 saturated heterocycles. The Labute approximate surface area is 125 Å². The van der Waals surface area contributed by atoms with Gasteiger partial charge in [-0.1, -0.05) is 25.1 Å². The van der Waals surface area contributed by atoms with Crippen molar-refractivity contribution >= 4 is 5.97 Å². The molecule has 0 heterocycles. The normalized spacial score (nSPS) is 10.2. The Kier molecular flexibility index (Phi) is 4.99. The maximum atomic E-state index is 12.2. The highest BCUT2D eigenvalue weighted by atomic mass is 16.5. The van der Waals surface area contributed by atoms with Gasteiger partial charge in [0.05, 0.1) is 12.2 Å². The van der Waals surface area contributed by atoms with Gasteiger partial charge in [-0.15, -0.1) is 0 Å². The zero-order valence-electron chi connectivity index (χ0n) is 12.7. The van der Waals surface area contributed by atoms with E-state index in [1.165, 1.54) is 0 Å². The van der Waals surface area contributed by atoms with Crippen LogP contribution < -0.4 is 9.47 Å². The molecule has 3 heteroatoms. The maximum Gasteiger partial charge on any atom is 0.343 e. The third kappa shape index (κ3) is 3.85. The molecule has 3 nitrogen and oxygen atoms in total. The Morgan fingerprint density at radius 2 is 1.62 bits per heavy atom. The van der Waals surface area contributed by atoms with Crippen LogP contribution in [-0.4, -0.2) is 12.6 Å². The first kappa shape index (κ1) is 15.1. The number of rotatable bonds is 5. The fourth-order valence-electron chi connectivity index (χ4n) is 2.02. The third-order valence-electron chi connectivity index (χ3n) is 3.17. The fraction of sp³-hybridized carbons (Fsp3) is 0.278. The van der Waals surface area contributed by atoms with E-state index in [-0.39, 0.29) is 5.97 Å². The fourth-order valence-corrected chi connectivity index (χ4v) is 2.02. The number of esters is 1. The van der Waals surface area contributed by atoms with Crippen LogP contribution in [0.1, 0.15) is 34.8 Å². The van der Waals surface area contributed by atoms with Crippen LogP contribution in [0.25, 0.3) is 0 Å². The van der Waals surface area contributed by atoms with Crippen LogP contribution in [0.15, 0.2) is 42.5 Å². The molecule has 0 spiro atoms. The van der Waals surface area contributed by atoms with Crippen LogP contribution in [0.2, 0.25) is 0 Å². The first-order valence-electron chi connectivity index (χ1n) is 7.13. The van der Waals surface area contributed by atoms with Crippen molar-refractivity contribution in [2.45, 2.75) is 27.2 Å². The molecule has 0 radical (unpaired) electrons. The highest BCUT2D eigenvalue weighted by Crippen LogP contribution is 2.23. The molecule has 2 rings (SSSR count). The number of carbonyl (C=O) groups is 1. The van der Waals surface area contributed by atoms with E-state index in [9.17, 15) is 4.79 Å². The highest BCUT2D eigenvalue weighted by molar-refractivity contribution is 5.91. The molecule has 0 saturated carbocycles. The van der Waals surface area contributed by atoms with E-state index < -0.39 is 0 Å². The van der Waals surface area contributed by atoms with Crippen molar-refractivity contribution in [3.05, 3.63) is 59.2 Å². The second-order valence-corrected chi connectivity index (χ2v) is 4.98. The molecule has 0 N–H and O–H groups in total. The minimum Gasteiger partial charge on any atom is -0.494 e. The van der Waals surface area contributed by atoms with E-state index in [1.54, 1.807) is 24.3 Å². The summed E-state index contributed by atoms with van der Waals surface area (Å²) in [6.07, 6.45) is 0.955. The summed E-state index contributed by atoms with van der Waals surface area (Å²) in [6.45, 7) is 6.58. The van der Waals surface area contributed by atoms with Crippen molar-refractivity contribution in [2.24, 2.45) is 0 Å². The molecular weight excluding hydrogens is 264 g/mol. The second-order valence-electron chi connectivity index (χ2n) is 4.98. The van der Waals surface area contributed by atoms with Crippen LogP contribution in [0.3, 0.4) is 0 Å². The molecule has 0 aliphatic rings. The van der Waals surface area contributed by atoms with Crippen LogP contribution in [-0.2, 0) is 0 Å². The van der Waals surface area contributed by atoms with Crippen molar-refractivity contribution in [3.63, 3.8) is 0 Å². The molecule has 2 aromatic rings. The number of ether oxygens (including phenoxy) is 2.